The molecule has 1 aromatic carbocycles. The van der Waals surface area contributed by atoms with Gasteiger partial charge in [-0.05, 0) is 42.5 Å². The first-order valence-electron chi connectivity index (χ1n) is 6.29. The van der Waals surface area contributed by atoms with Crippen molar-refractivity contribution in [2.24, 2.45) is 0 Å². The molecule has 0 unspecified atom stereocenters. The van der Waals surface area contributed by atoms with Gasteiger partial charge >= 0.3 is 5.97 Å². The standard InChI is InChI=1S/C13H12N2O4S2/c16-12(17)11-13(20-7-14-11)21(18,19)15-10-5-4-8-2-1-3-9(8)6-10/h4-7,15H,1-3H2,(H,16,17). The molecule has 0 amide bonds. The Balaban J connectivity index is 1.93. The van der Waals surface area contributed by atoms with Gasteiger partial charge in [-0.2, -0.15) is 0 Å². The van der Waals surface area contributed by atoms with Crippen molar-refractivity contribution in [2.45, 2.75) is 23.5 Å². The number of anilines is 1. The van der Waals surface area contributed by atoms with E-state index in [0.29, 0.717) is 5.69 Å². The first-order chi connectivity index (χ1) is 9.97. The van der Waals surface area contributed by atoms with E-state index in [9.17, 15) is 13.2 Å². The minimum Gasteiger partial charge on any atom is -0.476 e. The fraction of sp³-hybridized carbons (Fsp3) is 0.231. The van der Waals surface area contributed by atoms with Crippen LogP contribution in [0.1, 0.15) is 28.0 Å². The van der Waals surface area contributed by atoms with E-state index < -0.39 is 21.7 Å². The highest BCUT2D eigenvalue weighted by Gasteiger charge is 2.26. The van der Waals surface area contributed by atoms with Gasteiger partial charge in [0, 0.05) is 5.69 Å². The molecule has 0 aliphatic heterocycles. The molecule has 0 fully saturated rings. The number of nitrogens with one attached hydrogen (secondary N) is 1. The van der Waals surface area contributed by atoms with E-state index in [1.54, 1.807) is 12.1 Å². The Morgan fingerprint density at radius 1 is 1.29 bits per heavy atom. The zero-order valence-electron chi connectivity index (χ0n) is 10.9. The number of hydrogen-bond donors (Lipinski definition) is 2. The van der Waals surface area contributed by atoms with Crippen LogP contribution in [0.5, 0.6) is 0 Å². The van der Waals surface area contributed by atoms with Crippen molar-refractivity contribution in [1.82, 2.24) is 4.98 Å². The average Bonchev–Trinajstić information content (AvgIpc) is 3.06. The third kappa shape index (κ3) is 2.64. The van der Waals surface area contributed by atoms with Crippen LogP contribution in [0.2, 0.25) is 0 Å². The summed E-state index contributed by atoms with van der Waals surface area (Å²) in [4.78, 5) is 14.6. The van der Waals surface area contributed by atoms with Crippen LogP contribution in [-0.2, 0) is 22.9 Å². The summed E-state index contributed by atoms with van der Waals surface area (Å²) in [6.07, 6.45) is 3.02. The molecule has 0 bridgehead atoms. The summed E-state index contributed by atoms with van der Waals surface area (Å²) in [6.45, 7) is 0. The van der Waals surface area contributed by atoms with E-state index >= 15 is 0 Å². The quantitative estimate of drug-likeness (QED) is 0.898. The van der Waals surface area contributed by atoms with E-state index in [0.717, 1.165) is 36.2 Å². The summed E-state index contributed by atoms with van der Waals surface area (Å²) in [5.74, 6) is -1.36. The first kappa shape index (κ1) is 14.0. The third-order valence-electron chi connectivity index (χ3n) is 3.33. The SMILES string of the molecule is O=C(O)c1ncsc1S(=O)(=O)Nc1ccc2c(c1)CCC2. The van der Waals surface area contributed by atoms with Gasteiger partial charge in [-0.1, -0.05) is 6.07 Å². The number of aromatic nitrogens is 1. The van der Waals surface area contributed by atoms with Crippen molar-refractivity contribution in [3.05, 3.63) is 40.5 Å². The molecular formula is C13H12N2O4S2. The van der Waals surface area contributed by atoms with Crippen LogP contribution in [0, 0.1) is 0 Å². The maximum atomic E-state index is 12.3. The predicted molar refractivity (Wildman–Crippen MR) is 78.3 cm³/mol. The molecule has 0 saturated heterocycles. The number of rotatable bonds is 4. The molecule has 1 aromatic heterocycles. The zero-order chi connectivity index (χ0) is 15.0. The van der Waals surface area contributed by atoms with Gasteiger partial charge < -0.3 is 5.11 Å². The van der Waals surface area contributed by atoms with Gasteiger partial charge in [0.05, 0.1) is 5.51 Å². The highest BCUT2D eigenvalue weighted by molar-refractivity contribution is 7.94. The summed E-state index contributed by atoms with van der Waals surface area (Å²) < 4.78 is 26.7. The number of carboxylic acid groups (broad SMARTS) is 1. The van der Waals surface area contributed by atoms with Crippen LogP contribution in [0.3, 0.4) is 0 Å². The lowest BCUT2D eigenvalue weighted by atomic mass is 10.1. The van der Waals surface area contributed by atoms with E-state index in [-0.39, 0.29) is 4.21 Å². The van der Waals surface area contributed by atoms with Crippen LogP contribution in [0.4, 0.5) is 5.69 Å². The fourth-order valence-electron chi connectivity index (χ4n) is 2.41. The summed E-state index contributed by atoms with van der Waals surface area (Å²) >= 11 is 0.787. The Morgan fingerprint density at radius 3 is 2.81 bits per heavy atom. The number of hydrogen-bond acceptors (Lipinski definition) is 5. The molecule has 21 heavy (non-hydrogen) atoms. The van der Waals surface area contributed by atoms with E-state index in [2.05, 4.69) is 9.71 Å². The molecule has 2 aromatic rings. The molecule has 3 rings (SSSR count). The Labute approximate surface area is 125 Å². The number of benzene rings is 1. The van der Waals surface area contributed by atoms with Crippen molar-refractivity contribution in [2.75, 3.05) is 4.72 Å². The summed E-state index contributed by atoms with van der Waals surface area (Å²) in [6, 6.07) is 5.41. The van der Waals surface area contributed by atoms with Gasteiger partial charge in [0.15, 0.2) is 9.90 Å². The third-order valence-corrected chi connectivity index (χ3v) is 6.08. The minimum absolute atomic E-state index is 0.282. The largest absolute Gasteiger partial charge is 0.476 e. The van der Waals surface area contributed by atoms with E-state index in [1.165, 1.54) is 11.1 Å². The van der Waals surface area contributed by atoms with Crippen LogP contribution in [-0.4, -0.2) is 24.5 Å². The second kappa shape index (κ2) is 5.12. The van der Waals surface area contributed by atoms with E-state index in [1.807, 2.05) is 6.07 Å². The molecule has 0 radical (unpaired) electrons. The van der Waals surface area contributed by atoms with Gasteiger partial charge in [-0.3, -0.25) is 4.72 Å². The van der Waals surface area contributed by atoms with Gasteiger partial charge in [0.25, 0.3) is 10.0 Å². The van der Waals surface area contributed by atoms with Crippen LogP contribution in [0.15, 0.2) is 27.9 Å². The molecule has 6 nitrogen and oxygen atoms in total. The maximum absolute atomic E-state index is 12.3. The van der Waals surface area contributed by atoms with E-state index in [4.69, 9.17) is 5.11 Å². The first-order valence-corrected chi connectivity index (χ1v) is 8.65. The number of fused-ring (bicyclic) bond motifs is 1. The molecular weight excluding hydrogens is 312 g/mol. The fourth-order valence-corrected chi connectivity index (χ4v) is 4.60. The Kier molecular flexibility index (Phi) is 3.42. The zero-order valence-corrected chi connectivity index (χ0v) is 12.5. The monoisotopic (exact) mass is 324 g/mol. The lowest BCUT2D eigenvalue weighted by Crippen LogP contribution is -2.15. The molecule has 2 N–H and O–H groups in total. The van der Waals surface area contributed by atoms with Gasteiger partial charge in [-0.15, -0.1) is 11.3 Å². The Hall–Kier alpha value is -1.93. The van der Waals surface area contributed by atoms with Crippen molar-refractivity contribution in [3.8, 4) is 0 Å². The molecule has 1 aliphatic carbocycles. The van der Waals surface area contributed by atoms with Crippen molar-refractivity contribution in [1.29, 1.82) is 0 Å². The highest BCUT2D eigenvalue weighted by atomic mass is 32.2. The Morgan fingerprint density at radius 2 is 2.05 bits per heavy atom. The number of carbonyl (C=O) groups is 1. The highest BCUT2D eigenvalue weighted by Crippen LogP contribution is 2.27. The lowest BCUT2D eigenvalue weighted by Gasteiger charge is -2.08. The van der Waals surface area contributed by atoms with Crippen LogP contribution >= 0.6 is 11.3 Å². The molecule has 110 valence electrons. The van der Waals surface area contributed by atoms with Crippen molar-refractivity contribution >= 4 is 33.0 Å². The van der Waals surface area contributed by atoms with Crippen molar-refractivity contribution < 1.29 is 18.3 Å². The van der Waals surface area contributed by atoms with Crippen LogP contribution < -0.4 is 4.72 Å². The number of nitrogens with zero attached hydrogens (tertiary/aromatic N) is 1. The molecule has 0 atom stereocenters. The number of carboxylic acids is 1. The normalized spacial score (nSPS) is 13.9. The summed E-state index contributed by atoms with van der Waals surface area (Å²) in [7, 11) is -3.94. The van der Waals surface area contributed by atoms with Gasteiger partial charge in [0.1, 0.15) is 0 Å². The van der Waals surface area contributed by atoms with Crippen molar-refractivity contribution in [3.63, 3.8) is 0 Å². The maximum Gasteiger partial charge on any atom is 0.356 e. The molecule has 1 aliphatic rings. The lowest BCUT2D eigenvalue weighted by molar-refractivity contribution is 0.0687. The summed E-state index contributed by atoms with van der Waals surface area (Å²) in [5.41, 5.74) is 3.58. The minimum atomic E-state index is -3.94. The van der Waals surface area contributed by atoms with Gasteiger partial charge in [0.2, 0.25) is 0 Å². The topological polar surface area (TPSA) is 96.4 Å². The van der Waals surface area contributed by atoms with Gasteiger partial charge in [-0.25, -0.2) is 18.2 Å². The number of aryl methyl sites for hydroxylation is 2. The smallest absolute Gasteiger partial charge is 0.356 e. The number of aromatic carboxylic acids is 1. The predicted octanol–water partition coefficient (Wildman–Crippen LogP) is 2.13. The molecule has 0 saturated carbocycles. The molecule has 1 heterocycles. The second-order valence-corrected chi connectivity index (χ2v) is 7.47. The second-order valence-electron chi connectivity index (χ2n) is 4.74. The number of thiazole rings is 1. The summed E-state index contributed by atoms with van der Waals surface area (Å²) in [5, 5.41) is 8.96. The Bertz CT molecular complexity index is 811. The number of sulfonamides is 1. The average molecular weight is 324 g/mol. The van der Waals surface area contributed by atoms with Crippen LogP contribution in [0.25, 0.3) is 0 Å². The molecule has 0 spiro atoms. The molecule has 8 heteroatoms.